The van der Waals surface area contributed by atoms with Crippen molar-refractivity contribution in [2.24, 2.45) is 0 Å². The lowest BCUT2D eigenvalue weighted by Gasteiger charge is -2.18. The predicted octanol–water partition coefficient (Wildman–Crippen LogP) is 7.91. The summed E-state index contributed by atoms with van der Waals surface area (Å²) in [5, 5.41) is 6.74. The fourth-order valence-electron chi connectivity index (χ4n) is 4.10. The molecule has 37 heavy (non-hydrogen) atoms. The lowest BCUT2D eigenvalue weighted by atomic mass is 9.90. The van der Waals surface area contributed by atoms with Crippen molar-refractivity contribution in [1.29, 1.82) is 0 Å². The molecule has 0 atom stereocenters. The van der Waals surface area contributed by atoms with Crippen LogP contribution in [0.1, 0.15) is 41.0 Å². The monoisotopic (exact) mass is 486 g/mol. The second kappa shape index (κ2) is 12.3. The molecule has 2 N–H and O–H groups in total. The standard InChI is InChI=1S/C33H30N2O2/c1-24(34-28-19-11-5-12-20-28)30(32(36)26-15-7-3-8-16-26)23-31(33(37)27-17-9-4-10-18-27)25(2)35-29-21-13-6-14-22-29/h3-22,34-35H,23H2,1-2H3/b30-24-,31-25-. The Morgan fingerprint density at radius 3 is 1.11 bits per heavy atom. The van der Waals surface area contributed by atoms with E-state index in [4.69, 9.17) is 0 Å². The zero-order chi connectivity index (χ0) is 26.0. The molecule has 0 saturated heterocycles. The fraction of sp³-hybridized carbons (Fsp3) is 0.0909. The highest BCUT2D eigenvalue weighted by Gasteiger charge is 2.23. The molecular formula is C33H30N2O2. The van der Waals surface area contributed by atoms with Crippen molar-refractivity contribution < 1.29 is 9.59 Å². The molecule has 0 unspecified atom stereocenters. The van der Waals surface area contributed by atoms with E-state index in [0.29, 0.717) is 33.7 Å². The van der Waals surface area contributed by atoms with Gasteiger partial charge in [-0.25, -0.2) is 0 Å². The molecule has 0 heterocycles. The number of benzene rings is 4. The smallest absolute Gasteiger partial charge is 0.191 e. The Hall–Kier alpha value is -4.70. The van der Waals surface area contributed by atoms with Crippen molar-refractivity contribution in [2.75, 3.05) is 10.6 Å². The van der Waals surface area contributed by atoms with Gasteiger partial charge < -0.3 is 10.6 Å². The van der Waals surface area contributed by atoms with Gasteiger partial charge in [0, 0.05) is 51.5 Å². The third-order valence-corrected chi connectivity index (χ3v) is 6.09. The van der Waals surface area contributed by atoms with Gasteiger partial charge in [-0.3, -0.25) is 9.59 Å². The number of carbonyl (C=O) groups is 2. The van der Waals surface area contributed by atoms with E-state index in [2.05, 4.69) is 10.6 Å². The van der Waals surface area contributed by atoms with E-state index in [1.54, 1.807) is 24.3 Å². The molecule has 4 nitrogen and oxygen atoms in total. The number of hydrogen-bond donors (Lipinski definition) is 2. The first kappa shape index (κ1) is 25.4. The summed E-state index contributed by atoms with van der Waals surface area (Å²) in [5.74, 6) is -0.236. The average molecular weight is 487 g/mol. The van der Waals surface area contributed by atoms with E-state index in [1.165, 1.54) is 0 Å². The second-order valence-corrected chi connectivity index (χ2v) is 8.76. The van der Waals surface area contributed by atoms with Gasteiger partial charge in [0.2, 0.25) is 0 Å². The molecule has 0 amide bonds. The third-order valence-electron chi connectivity index (χ3n) is 6.09. The van der Waals surface area contributed by atoms with Crippen LogP contribution in [0, 0.1) is 0 Å². The number of rotatable bonds is 10. The highest BCUT2D eigenvalue weighted by atomic mass is 16.1. The van der Waals surface area contributed by atoms with E-state index in [0.717, 1.165) is 11.4 Å². The number of ketones is 2. The molecule has 0 spiro atoms. The predicted molar refractivity (Wildman–Crippen MR) is 152 cm³/mol. The highest BCUT2D eigenvalue weighted by Crippen LogP contribution is 2.27. The van der Waals surface area contributed by atoms with Gasteiger partial charge in [0.25, 0.3) is 0 Å². The Morgan fingerprint density at radius 2 is 0.784 bits per heavy atom. The van der Waals surface area contributed by atoms with Crippen LogP contribution in [0.4, 0.5) is 11.4 Å². The lowest BCUT2D eigenvalue weighted by molar-refractivity contribution is 0.102. The zero-order valence-corrected chi connectivity index (χ0v) is 21.1. The van der Waals surface area contributed by atoms with Crippen LogP contribution in [0.3, 0.4) is 0 Å². The Morgan fingerprint density at radius 1 is 0.486 bits per heavy atom. The van der Waals surface area contributed by atoms with Crippen LogP contribution in [0.15, 0.2) is 144 Å². The summed E-state index contributed by atoms with van der Waals surface area (Å²) >= 11 is 0. The Balaban J connectivity index is 1.80. The molecule has 0 aliphatic rings. The van der Waals surface area contributed by atoms with Gasteiger partial charge in [-0.05, 0) is 38.1 Å². The summed E-state index contributed by atoms with van der Waals surface area (Å²) < 4.78 is 0. The quantitative estimate of drug-likeness (QED) is 0.177. The van der Waals surface area contributed by atoms with Gasteiger partial charge in [0.15, 0.2) is 11.6 Å². The number of para-hydroxylation sites is 2. The van der Waals surface area contributed by atoms with E-state index in [1.807, 2.05) is 111 Å². The molecule has 4 aromatic carbocycles. The van der Waals surface area contributed by atoms with Gasteiger partial charge in [0.05, 0.1) is 0 Å². The minimum absolute atomic E-state index is 0.118. The molecule has 0 radical (unpaired) electrons. The highest BCUT2D eigenvalue weighted by molar-refractivity contribution is 6.14. The molecule has 0 bridgehead atoms. The van der Waals surface area contributed by atoms with E-state index < -0.39 is 0 Å². The summed E-state index contributed by atoms with van der Waals surface area (Å²) in [6.45, 7) is 3.77. The Bertz CT molecular complexity index is 1300. The molecule has 0 aromatic heterocycles. The number of nitrogens with one attached hydrogen (secondary N) is 2. The first-order chi connectivity index (χ1) is 18.0. The molecule has 4 rings (SSSR count). The number of hydrogen-bond acceptors (Lipinski definition) is 4. The first-order valence-corrected chi connectivity index (χ1v) is 12.3. The second-order valence-electron chi connectivity index (χ2n) is 8.76. The maximum atomic E-state index is 13.8. The lowest BCUT2D eigenvalue weighted by Crippen LogP contribution is -2.16. The van der Waals surface area contributed by atoms with Crippen molar-refractivity contribution >= 4 is 22.9 Å². The topological polar surface area (TPSA) is 58.2 Å². The SMILES string of the molecule is C/C(Nc1ccccc1)=C(\C/C(C(=O)c1ccccc1)=C(\C)Nc1ccccc1)C(=O)c1ccccc1. The van der Waals surface area contributed by atoms with E-state index >= 15 is 0 Å². The molecular weight excluding hydrogens is 456 g/mol. The Kier molecular flexibility index (Phi) is 8.45. The summed E-state index contributed by atoms with van der Waals surface area (Å²) in [4.78, 5) is 27.6. The summed E-state index contributed by atoms with van der Waals surface area (Å²) in [6, 6.07) is 37.8. The van der Waals surface area contributed by atoms with Crippen LogP contribution >= 0.6 is 0 Å². The fourth-order valence-corrected chi connectivity index (χ4v) is 4.10. The van der Waals surface area contributed by atoms with Gasteiger partial charge in [-0.1, -0.05) is 97.1 Å². The summed E-state index contributed by atoms with van der Waals surface area (Å²) in [5.41, 5.74) is 5.36. The number of anilines is 2. The molecule has 4 aromatic rings. The number of Topliss-reactive ketones (excluding diaryl/α,β-unsaturated/α-hetero) is 2. The van der Waals surface area contributed by atoms with Gasteiger partial charge in [-0.2, -0.15) is 0 Å². The van der Waals surface area contributed by atoms with Crippen LogP contribution in [0.25, 0.3) is 0 Å². The van der Waals surface area contributed by atoms with Crippen LogP contribution in [-0.2, 0) is 0 Å². The maximum absolute atomic E-state index is 13.8. The van der Waals surface area contributed by atoms with E-state index in [9.17, 15) is 9.59 Å². The zero-order valence-electron chi connectivity index (χ0n) is 21.1. The number of carbonyl (C=O) groups excluding carboxylic acids is 2. The third kappa shape index (κ3) is 6.71. The van der Waals surface area contributed by atoms with Crippen LogP contribution in [0.5, 0.6) is 0 Å². The van der Waals surface area contributed by atoms with Gasteiger partial charge in [-0.15, -0.1) is 0 Å². The van der Waals surface area contributed by atoms with Gasteiger partial charge >= 0.3 is 0 Å². The van der Waals surface area contributed by atoms with Crippen molar-refractivity contribution in [2.45, 2.75) is 20.3 Å². The minimum atomic E-state index is -0.118. The van der Waals surface area contributed by atoms with Crippen LogP contribution < -0.4 is 10.6 Å². The van der Waals surface area contributed by atoms with Crippen LogP contribution in [0.2, 0.25) is 0 Å². The Labute approximate surface area is 218 Å². The average Bonchev–Trinajstić information content (AvgIpc) is 2.95. The number of allylic oxidation sites excluding steroid dienone is 4. The molecule has 4 heteroatoms. The van der Waals surface area contributed by atoms with Crippen molar-refractivity contribution in [1.82, 2.24) is 0 Å². The van der Waals surface area contributed by atoms with Crippen molar-refractivity contribution in [3.05, 3.63) is 155 Å². The molecule has 184 valence electrons. The largest absolute Gasteiger partial charge is 0.359 e. The maximum Gasteiger partial charge on any atom is 0.191 e. The van der Waals surface area contributed by atoms with Crippen molar-refractivity contribution in [3.8, 4) is 0 Å². The van der Waals surface area contributed by atoms with Crippen LogP contribution in [-0.4, -0.2) is 11.6 Å². The van der Waals surface area contributed by atoms with Gasteiger partial charge in [0.1, 0.15) is 0 Å². The van der Waals surface area contributed by atoms with Crippen molar-refractivity contribution in [3.63, 3.8) is 0 Å². The molecule has 0 aliphatic heterocycles. The summed E-state index contributed by atoms with van der Waals surface area (Å²) in [6.07, 6.45) is 0.165. The molecule has 0 fully saturated rings. The molecule has 0 aliphatic carbocycles. The normalized spacial score (nSPS) is 12.2. The summed E-state index contributed by atoms with van der Waals surface area (Å²) in [7, 11) is 0. The minimum Gasteiger partial charge on any atom is -0.359 e. The first-order valence-electron chi connectivity index (χ1n) is 12.3. The van der Waals surface area contributed by atoms with E-state index in [-0.39, 0.29) is 18.0 Å². The molecule has 0 saturated carbocycles.